The molecule has 20 heavy (non-hydrogen) atoms. The van der Waals surface area contributed by atoms with Crippen molar-refractivity contribution < 1.29 is 13.2 Å². The standard InChI is InChI=1S/C15H23F3N2/c1-5-20(10-15(16,17)18)14-7-6-13(8-12(14)4)9-19-11(2)3/h6-8,11,19H,5,9-10H2,1-4H3. The molecular formula is C15H23F3N2. The molecule has 5 heteroatoms. The smallest absolute Gasteiger partial charge is 0.363 e. The second-order valence-corrected chi connectivity index (χ2v) is 5.29. The van der Waals surface area contributed by atoms with Gasteiger partial charge >= 0.3 is 6.18 Å². The lowest BCUT2D eigenvalue weighted by Crippen LogP contribution is -2.34. The van der Waals surface area contributed by atoms with E-state index in [0.717, 1.165) is 17.7 Å². The molecule has 0 aliphatic rings. The van der Waals surface area contributed by atoms with Gasteiger partial charge < -0.3 is 10.2 Å². The van der Waals surface area contributed by atoms with E-state index < -0.39 is 12.7 Å². The highest BCUT2D eigenvalue weighted by atomic mass is 19.4. The number of hydrogen-bond acceptors (Lipinski definition) is 2. The van der Waals surface area contributed by atoms with Crippen LogP contribution >= 0.6 is 0 Å². The van der Waals surface area contributed by atoms with Crippen molar-refractivity contribution in [3.05, 3.63) is 29.3 Å². The third-order valence-electron chi connectivity index (χ3n) is 3.07. The Bertz CT molecular complexity index is 428. The minimum Gasteiger partial charge on any atom is -0.363 e. The Balaban J connectivity index is 2.85. The fourth-order valence-corrected chi connectivity index (χ4v) is 2.09. The van der Waals surface area contributed by atoms with Gasteiger partial charge in [0.25, 0.3) is 0 Å². The van der Waals surface area contributed by atoms with Crippen LogP contribution in [0.15, 0.2) is 18.2 Å². The molecule has 0 atom stereocenters. The van der Waals surface area contributed by atoms with Gasteiger partial charge in [-0.3, -0.25) is 0 Å². The molecule has 2 nitrogen and oxygen atoms in total. The number of halogens is 3. The highest BCUT2D eigenvalue weighted by Crippen LogP contribution is 2.25. The molecule has 114 valence electrons. The predicted molar refractivity (Wildman–Crippen MR) is 77.1 cm³/mol. The number of aryl methyl sites for hydroxylation is 1. The monoisotopic (exact) mass is 288 g/mol. The maximum atomic E-state index is 12.5. The highest BCUT2D eigenvalue weighted by molar-refractivity contribution is 5.54. The van der Waals surface area contributed by atoms with E-state index >= 15 is 0 Å². The van der Waals surface area contributed by atoms with Gasteiger partial charge in [0.05, 0.1) is 0 Å². The minimum absolute atomic E-state index is 0.337. The molecule has 0 fully saturated rings. The van der Waals surface area contributed by atoms with Crippen molar-refractivity contribution in [3.8, 4) is 0 Å². The van der Waals surface area contributed by atoms with Crippen LogP contribution in [0, 0.1) is 6.92 Å². The summed E-state index contributed by atoms with van der Waals surface area (Å²) in [4.78, 5) is 1.36. The lowest BCUT2D eigenvalue weighted by atomic mass is 10.1. The van der Waals surface area contributed by atoms with Crippen LogP contribution in [0.1, 0.15) is 31.9 Å². The number of hydrogen-bond donors (Lipinski definition) is 1. The molecule has 1 N–H and O–H groups in total. The first-order valence-corrected chi connectivity index (χ1v) is 6.87. The van der Waals surface area contributed by atoms with E-state index in [1.807, 2.05) is 19.1 Å². The second kappa shape index (κ2) is 6.97. The molecule has 1 rings (SSSR count). The summed E-state index contributed by atoms with van der Waals surface area (Å²) in [6.07, 6.45) is -4.18. The third-order valence-corrected chi connectivity index (χ3v) is 3.07. The summed E-state index contributed by atoms with van der Waals surface area (Å²) >= 11 is 0. The molecule has 0 aliphatic carbocycles. The second-order valence-electron chi connectivity index (χ2n) is 5.29. The van der Waals surface area contributed by atoms with Crippen molar-refractivity contribution in [2.45, 2.75) is 46.5 Å². The zero-order valence-corrected chi connectivity index (χ0v) is 12.5. The van der Waals surface area contributed by atoms with E-state index in [1.54, 1.807) is 13.0 Å². The average molecular weight is 288 g/mol. The molecule has 1 aromatic carbocycles. The van der Waals surface area contributed by atoms with Crippen LogP contribution in [0.4, 0.5) is 18.9 Å². The average Bonchev–Trinajstić information content (AvgIpc) is 2.33. The summed E-state index contributed by atoms with van der Waals surface area (Å²) < 4.78 is 37.6. The van der Waals surface area contributed by atoms with Crippen molar-refractivity contribution in [1.82, 2.24) is 5.32 Å². The van der Waals surface area contributed by atoms with Crippen LogP contribution < -0.4 is 10.2 Å². The molecule has 0 bridgehead atoms. The Morgan fingerprint density at radius 1 is 1.25 bits per heavy atom. The maximum absolute atomic E-state index is 12.5. The van der Waals surface area contributed by atoms with E-state index in [4.69, 9.17) is 0 Å². The first kappa shape index (κ1) is 16.8. The lowest BCUT2D eigenvalue weighted by molar-refractivity contribution is -0.119. The topological polar surface area (TPSA) is 15.3 Å². The van der Waals surface area contributed by atoms with E-state index in [-0.39, 0.29) is 0 Å². The van der Waals surface area contributed by atoms with Crippen LogP contribution in [-0.4, -0.2) is 25.3 Å². The van der Waals surface area contributed by atoms with Crippen LogP contribution in [0.25, 0.3) is 0 Å². The number of alkyl halides is 3. The number of benzene rings is 1. The maximum Gasteiger partial charge on any atom is 0.405 e. The molecule has 1 aromatic rings. The number of rotatable bonds is 6. The van der Waals surface area contributed by atoms with E-state index in [9.17, 15) is 13.2 Å². The normalized spacial score (nSPS) is 12.0. The molecule has 0 saturated heterocycles. The zero-order valence-electron chi connectivity index (χ0n) is 12.5. The SMILES string of the molecule is CCN(CC(F)(F)F)c1ccc(CNC(C)C)cc1C. The van der Waals surface area contributed by atoms with Gasteiger partial charge in [-0.25, -0.2) is 0 Å². The summed E-state index contributed by atoms with van der Waals surface area (Å²) in [5.74, 6) is 0. The Morgan fingerprint density at radius 3 is 2.35 bits per heavy atom. The molecule has 0 amide bonds. The van der Waals surface area contributed by atoms with E-state index in [1.165, 1.54) is 4.90 Å². The number of nitrogens with zero attached hydrogens (tertiary/aromatic N) is 1. The van der Waals surface area contributed by atoms with Crippen molar-refractivity contribution in [2.75, 3.05) is 18.0 Å². The van der Waals surface area contributed by atoms with Crippen molar-refractivity contribution in [2.24, 2.45) is 0 Å². The Labute approximate surface area is 119 Å². The van der Waals surface area contributed by atoms with Crippen molar-refractivity contribution >= 4 is 5.69 Å². The quantitative estimate of drug-likeness (QED) is 0.854. The fraction of sp³-hybridized carbons (Fsp3) is 0.600. The van der Waals surface area contributed by atoms with Gasteiger partial charge in [0.15, 0.2) is 0 Å². The summed E-state index contributed by atoms with van der Waals surface area (Å²) in [7, 11) is 0. The van der Waals surface area contributed by atoms with Crippen LogP contribution in [0.2, 0.25) is 0 Å². The van der Waals surface area contributed by atoms with Crippen molar-refractivity contribution in [3.63, 3.8) is 0 Å². The van der Waals surface area contributed by atoms with Crippen LogP contribution in [0.5, 0.6) is 0 Å². The predicted octanol–water partition coefficient (Wildman–Crippen LogP) is 3.88. The Morgan fingerprint density at radius 2 is 1.90 bits per heavy atom. The molecule has 0 heterocycles. The van der Waals surface area contributed by atoms with Gasteiger partial charge in [0, 0.05) is 24.8 Å². The Kier molecular flexibility index (Phi) is 5.87. The van der Waals surface area contributed by atoms with Crippen molar-refractivity contribution in [1.29, 1.82) is 0 Å². The van der Waals surface area contributed by atoms with E-state index in [0.29, 0.717) is 18.3 Å². The van der Waals surface area contributed by atoms with Gasteiger partial charge in [-0.15, -0.1) is 0 Å². The summed E-state index contributed by atoms with van der Waals surface area (Å²) in [5, 5.41) is 3.30. The van der Waals surface area contributed by atoms with Gasteiger partial charge in [-0.05, 0) is 31.0 Å². The molecule has 0 aliphatic heterocycles. The van der Waals surface area contributed by atoms with Gasteiger partial charge in [0.1, 0.15) is 6.54 Å². The van der Waals surface area contributed by atoms with E-state index in [2.05, 4.69) is 19.2 Å². The number of nitrogens with one attached hydrogen (secondary N) is 1. The molecular weight excluding hydrogens is 265 g/mol. The highest BCUT2D eigenvalue weighted by Gasteiger charge is 2.30. The molecule has 0 saturated carbocycles. The summed E-state index contributed by atoms with van der Waals surface area (Å²) in [6, 6.07) is 6.00. The first-order chi connectivity index (χ1) is 9.23. The first-order valence-electron chi connectivity index (χ1n) is 6.87. The van der Waals surface area contributed by atoms with Gasteiger partial charge in [0.2, 0.25) is 0 Å². The summed E-state index contributed by atoms with van der Waals surface area (Å²) in [6.45, 7) is 7.86. The van der Waals surface area contributed by atoms with Gasteiger partial charge in [-0.1, -0.05) is 26.0 Å². The van der Waals surface area contributed by atoms with Crippen LogP contribution in [-0.2, 0) is 6.54 Å². The fourth-order valence-electron chi connectivity index (χ4n) is 2.09. The zero-order chi connectivity index (χ0) is 15.3. The lowest BCUT2D eigenvalue weighted by Gasteiger charge is -2.26. The third kappa shape index (κ3) is 5.41. The van der Waals surface area contributed by atoms with Crippen LogP contribution in [0.3, 0.4) is 0 Å². The molecule has 0 unspecified atom stereocenters. The Hall–Kier alpha value is -1.23. The minimum atomic E-state index is -4.18. The molecule has 0 radical (unpaired) electrons. The largest absolute Gasteiger partial charge is 0.405 e. The molecule has 0 aromatic heterocycles. The molecule has 0 spiro atoms. The number of anilines is 1. The summed E-state index contributed by atoms with van der Waals surface area (Å²) in [5.41, 5.74) is 2.61. The van der Waals surface area contributed by atoms with Gasteiger partial charge in [-0.2, -0.15) is 13.2 Å².